The second-order valence-corrected chi connectivity index (χ2v) is 10.4. The number of nitrogens with one attached hydrogen (secondary N) is 1. The fourth-order valence-corrected chi connectivity index (χ4v) is 6.10. The van der Waals surface area contributed by atoms with Crippen molar-refractivity contribution in [1.82, 2.24) is 25.2 Å². The maximum Gasteiger partial charge on any atom is 0.352 e. The molecule has 0 aromatic carbocycles. The number of nitrogens with zero attached hydrogens (tertiary/aromatic N) is 5. The molecule has 1 saturated heterocycles. The van der Waals surface area contributed by atoms with Crippen molar-refractivity contribution in [2.45, 2.75) is 16.4 Å². The lowest BCUT2D eigenvalue weighted by molar-refractivity contribution is -0.150. The average Bonchev–Trinajstić information content (AvgIpc) is 3.30. The highest BCUT2D eigenvalue weighted by Crippen LogP contribution is 2.40. The third-order valence-electron chi connectivity index (χ3n) is 5.16. The van der Waals surface area contributed by atoms with Crippen molar-refractivity contribution in [3.05, 3.63) is 40.8 Å². The van der Waals surface area contributed by atoms with Gasteiger partial charge < -0.3 is 32.5 Å². The first-order chi connectivity index (χ1) is 17.7. The number of aliphatic carboxylic acids is 1. The summed E-state index contributed by atoms with van der Waals surface area (Å²) in [5, 5.41) is 17.8. The highest BCUT2D eigenvalue weighted by atomic mass is 32.2. The van der Waals surface area contributed by atoms with Gasteiger partial charge in [-0.15, -0.1) is 23.1 Å². The maximum absolute atomic E-state index is 12.9. The molecular weight excluding hydrogens is 542 g/mol. The van der Waals surface area contributed by atoms with Crippen LogP contribution < -0.4 is 22.5 Å². The summed E-state index contributed by atoms with van der Waals surface area (Å²) in [6, 6.07) is -0.947. The number of hydrogen-bond acceptors (Lipinski definition) is 14. The van der Waals surface area contributed by atoms with Gasteiger partial charge in [-0.1, -0.05) is 29.1 Å². The number of allylic oxidation sites excluding steroid dienone is 1. The fourth-order valence-electron chi connectivity index (χ4n) is 3.50. The maximum atomic E-state index is 12.9. The molecule has 17 heteroatoms. The second-order valence-electron chi connectivity index (χ2n) is 7.42. The Morgan fingerprint density at radius 2 is 2.16 bits per heavy atom. The number of anilines is 3. The highest BCUT2D eigenvalue weighted by molar-refractivity contribution is 8.00. The van der Waals surface area contributed by atoms with E-state index >= 15 is 0 Å². The smallest absolute Gasteiger partial charge is 0.352 e. The summed E-state index contributed by atoms with van der Waals surface area (Å²) in [5.41, 5.74) is 17.8. The minimum Gasteiger partial charge on any atom is -0.477 e. The zero-order chi connectivity index (χ0) is 26.7. The molecule has 0 saturated carbocycles. The van der Waals surface area contributed by atoms with Gasteiger partial charge in [-0.25, -0.2) is 19.7 Å². The lowest BCUT2D eigenvalue weighted by Gasteiger charge is -2.49. The predicted molar refractivity (Wildman–Crippen MR) is 140 cm³/mol. The van der Waals surface area contributed by atoms with E-state index < -0.39 is 29.2 Å². The predicted octanol–water partition coefficient (Wildman–Crippen LogP) is 0.117. The number of carboxylic acid groups (broad SMARTS) is 1. The SMILES string of the molecule is CO/N=C(\C(=O)N[C@@H]1C(=O)N2C(C(=O)O)=C(/C=C/CSc3ncnc(N)c3N)CS[C@H]12)c1csc(N)n1. The molecule has 0 unspecified atom stereocenters. The third-order valence-corrected chi connectivity index (χ3v) is 8.10. The topological polar surface area (TPSA) is 225 Å². The summed E-state index contributed by atoms with van der Waals surface area (Å²) in [5.74, 6) is -1.57. The molecule has 4 heterocycles. The minimum atomic E-state index is -1.25. The van der Waals surface area contributed by atoms with Gasteiger partial charge in [-0.2, -0.15) is 0 Å². The number of rotatable bonds is 9. The van der Waals surface area contributed by atoms with Crippen molar-refractivity contribution < 1.29 is 24.3 Å². The molecule has 2 aromatic heterocycles. The zero-order valence-electron chi connectivity index (χ0n) is 19.2. The number of aromatic nitrogens is 3. The van der Waals surface area contributed by atoms with Crippen LogP contribution in [0.3, 0.4) is 0 Å². The van der Waals surface area contributed by atoms with Gasteiger partial charge in [0.25, 0.3) is 11.8 Å². The molecule has 2 atom stereocenters. The van der Waals surface area contributed by atoms with Crippen LogP contribution >= 0.6 is 34.9 Å². The molecule has 2 aromatic rings. The Labute approximate surface area is 222 Å². The lowest BCUT2D eigenvalue weighted by atomic mass is 10.0. The standard InChI is InChI=1S/C20H21N9O5S3/c1-34-28-11(9-6-37-20(23)26-9)15(30)27-12-17(31)29-13(19(32)33)8(5-36-18(12)29)3-2-4-35-16-10(21)14(22)24-7-25-16/h2-3,6-7,12,18H,4-5,21H2,1H3,(H2,23,26)(H,27,30)(H,32,33)(H2,22,24,25)/b3-2+,28-11-/t12-,18-/m1/s1. The van der Waals surface area contributed by atoms with Crippen LogP contribution in [0.15, 0.2) is 45.3 Å². The van der Waals surface area contributed by atoms with E-state index in [-0.39, 0.29) is 33.7 Å². The third kappa shape index (κ3) is 5.32. The van der Waals surface area contributed by atoms with E-state index in [0.29, 0.717) is 22.1 Å². The molecule has 8 N–H and O–H groups in total. The molecule has 0 radical (unpaired) electrons. The molecule has 194 valence electrons. The Morgan fingerprint density at radius 3 is 2.84 bits per heavy atom. The molecule has 4 rings (SSSR count). The Balaban J connectivity index is 1.45. The quantitative estimate of drug-likeness (QED) is 0.0899. The van der Waals surface area contributed by atoms with Crippen LogP contribution in [0.5, 0.6) is 0 Å². The van der Waals surface area contributed by atoms with Crippen molar-refractivity contribution in [2.24, 2.45) is 5.16 Å². The van der Waals surface area contributed by atoms with E-state index in [0.717, 1.165) is 11.3 Å². The average molecular weight is 564 g/mol. The molecule has 37 heavy (non-hydrogen) atoms. The number of nitrogen functional groups attached to an aromatic ring is 3. The molecule has 2 aliphatic rings. The Bertz CT molecular complexity index is 1340. The van der Waals surface area contributed by atoms with Gasteiger partial charge in [-0.05, 0) is 5.57 Å². The molecule has 0 bridgehead atoms. The number of thioether (sulfide) groups is 2. The number of nitrogens with two attached hydrogens (primary N) is 3. The molecule has 0 spiro atoms. The van der Waals surface area contributed by atoms with Gasteiger partial charge in [0, 0.05) is 16.9 Å². The van der Waals surface area contributed by atoms with Crippen molar-refractivity contribution >= 4 is 75.0 Å². The van der Waals surface area contributed by atoms with Crippen LogP contribution in [0.1, 0.15) is 5.69 Å². The summed E-state index contributed by atoms with van der Waals surface area (Å²) in [4.78, 5) is 55.6. The first-order valence-corrected chi connectivity index (χ1v) is 13.3. The summed E-state index contributed by atoms with van der Waals surface area (Å²) < 4.78 is 0. The number of carbonyl (C=O) groups excluding carboxylic acids is 2. The summed E-state index contributed by atoms with van der Waals surface area (Å²) >= 11 is 3.76. The van der Waals surface area contributed by atoms with Crippen molar-refractivity contribution in [1.29, 1.82) is 0 Å². The number of carboxylic acids is 1. The van der Waals surface area contributed by atoms with E-state index in [4.69, 9.17) is 22.0 Å². The van der Waals surface area contributed by atoms with Crippen molar-refractivity contribution in [3.63, 3.8) is 0 Å². The first kappa shape index (κ1) is 26.2. The Morgan fingerprint density at radius 1 is 1.38 bits per heavy atom. The number of β-lactam (4-membered cyclic amide) rings is 1. The van der Waals surface area contributed by atoms with Gasteiger partial charge in [0.05, 0.1) is 0 Å². The molecule has 2 amide bonds. The van der Waals surface area contributed by atoms with E-state index in [9.17, 15) is 19.5 Å². The Kier molecular flexibility index (Phi) is 7.84. The largest absolute Gasteiger partial charge is 0.477 e. The molecule has 14 nitrogen and oxygen atoms in total. The number of hydrogen-bond donors (Lipinski definition) is 5. The van der Waals surface area contributed by atoms with Gasteiger partial charge >= 0.3 is 5.97 Å². The van der Waals surface area contributed by atoms with Gasteiger partial charge in [0.1, 0.15) is 47.0 Å². The van der Waals surface area contributed by atoms with Crippen LogP contribution in [0, 0.1) is 0 Å². The number of carbonyl (C=O) groups is 3. The van der Waals surface area contributed by atoms with Gasteiger partial charge in [0.15, 0.2) is 16.7 Å². The van der Waals surface area contributed by atoms with Crippen LogP contribution in [0.25, 0.3) is 0 Å². The van der Waals surface area contributed by atoms with Gasteiger partial charge in [0.2, 0.25) is 0 Å². The summed E-state index contributed by atoms with van der Waals surface area (Å²) in [7, 11) is 1.27. The van der Waals surface area contributed by atoms with Crippen LogP contribution in [0.4, 0.5) is 16.6 Å². The van der Waals surface area contributed by atoms with E-state index in [1.165, 1.54) is 47.2 Å². The fraction of sp³-hybridized carbons (Fsp3) is 0.250. The van der Waals surface area contributed by atoms with Crippen LogP contribution in [-0.2, 0) is 19.2 Å². The highest BCUT2D eigenvalue weighted by Gasteiger charge is 2.54. The van der Waals surface area contributed by atoms with Crippen molar-refractivity contribution in [3.8, 4) is 0 Å². The van der Waals surface area contributed by atoms with Crippen molar-refractivity contribution in [2.75, 3.05) is 35.8 Å². The summed E-state index contributed by atoms with van der Waals surface area (Å²) in [6.45, 7) is 0. The second kappa shape index (κ2) is 11.1. The summed E-state index contributed by atoms with van der Waals surface area (Å²) in [6.07, 6.45) is 4.70. The van der Waals surface area contributed by atoms with Crippen LogP contribution in [-0.4, -0.2) is 78.5 Å². The number of fused-ring (bicyclic) bond motifs is 1. The van der Waals surface area contributed by atoms with Crippen LogP contribution in [0.2, 0.25) is 0 Å². The molecule has 1 fully saturated rings. The number of amides is 2. The minimum absolute atomic E-state index is 0.135. The number of oxime groups is 1. The molecule has 2 aliphatic heterocycles. The molecular formula is C20H21N9O5S3. The zero-order valence-corrected chi connectivity index (χ0v) is 21.6. The van der Waals surface area contributed by atoms with E-state index in [2.05, 4.69) is 25.4 Å². The number of thiazole rings is 1. The normalized spacial score (nSPS) is 19.5. The molecule has 0 aliphatic carbocycles. The lowest BCUT2D eigenvalue weighted by Crippen LogP contribution is -2.71. The van der Waals surface area contributed by atoms with E-state index in [1.54, 1.807) is 12.2 Å². The monoisotopic (exact) mass is 563 g/mol. The van der Waals surface area contributed by atoms with Gasteiger partial charge in [-0.3, -0.25) is 14.5 Å². The Hall–Kier alpha value is -3.83. The van der Waals surface area contributed by atoms with E-state index in [1.807, 2.05) is 0 Å². The first-order valence-electron chi connectivity index (χ1n) is 10.4.